The second kappa shape index (κ2) is 10.3. The van der Waals surface area contributed by atoms with Gasteiger partial charge in [-0.3, -0.25) is 0 Å². The maximum Gasteiger partial charge on any atom is 0.263 e. The van der Waals surface area contributed by atoms with Gasteiger partial charge < -0.3 is 10.1 Å². The minimum atomic E-state index is -0.167. The second-order valence-corrected chi connectivity index (χ2v) is 7.34. The summed E-state index contributed by atoms with van der Waals surface area (Å²) in [6.07, 6.45) is 3.11. The van der Waals surface area contributed by atoms with Gasteiger partial charge in [-0.05, 0) is 42.8 Å². The molecule has 0 bridgehead atoms. The summed E-state index contributed by atoms with van der Waals surface area (Å²) in [5.41, 5.74) is 8.86. The highest BCUT2D eigenvalue weighted by molar-refractivity contribution is 5.76. The van der Waals surface area contributed by atoms with Crippen molar-refractivity contribution < 1.29 is 4.74 Å². The minimum absolute atomic E-state index is 0.167. The van der Waals surface area contributed by atoms with Crippen LogP contribution < -0.4 is 5.32 Å². The van der Waals surface area contributed by atoms with Crippen LogP contribution in [0, 0.1) is 6.92 Å². The molecule has 0 fully saturated rings. The van der Waals surface area contributed by atoms with E-state index in [4.69, 9.17) is 4.74 Å². The summed E-state index contributed by atoms with van der Waals surface area (Å²) in [6, 6.07) is 28.8. The van der Waals surface area contributed by atoms with Gasteiger partial charge in [-0.2, -0.15) is 9.78 Å². The first-order valence-electron chi connectivity index (χ1n) is 10.7. The van der Waals surface area contributed by atoms with Gasteiger partial charge >= 0.3 is 0 Å². The molecule has 1 unspecified atom stereocenters. The van der Waals surface area contributed by atoms with Gasteiger partial charge in [-0.15, -0.1) is 0 Å². The molecule has 1 N–H and O–H groups in total. The Morgan fingerprint density at radius 3 is 2.28 bits per heavy atom. The van der Waals surface area contributed by atoms with Crippen LogP contribution in [0.5, 0.6) is 0 Å². The summed E-state index contributed by atoms with van der Waals surface area (Å²) in [5, 5.41) is 7.95. The number of anilines is 1. The zero-order valence-corrected chi connectivity index (χ0v) is 18.3. The molecular weight excluding hydrogens is 396 g/mol. The van der Waals surface area contributed by atoms with Gasteiger partial charge in [0.2, 0.25) is 0 Å². The van der Waals surface area contributed by atoms with Crippen molar-refractivity contribution in [2.45, 2.75) is 19.9 Å². The van der Waals surface area contributed by atoms with Crippen LogP contribution in [0.15, 0.2) is 103 Å². The molecule has 160 valence electrons. The molecule has 0 radical (unpaired) electrons. The number of para-hydroxylation sites is 1. The Morgan fingerprint density at radius 2 is 1.66 bits per heavy atom. The van der Waals surface area contributed by atoms with Gasteiger partial charge in [0.15, 0.2) is 0 Å². The Kier molecular flexibility index (Phi) is 6.81. The van der Waals surface area contributed by atoms with E-state index >= 15 is 0 Å². The van der Waals surface area contributed by atoms with E-state index in [2.05, 4.69) is 76.6 Å². The molecular formula is C27H26N4O. The van der Waals surface area contributed by atoms with Crippen molar-refractivity contribution in [1.82, 2.24) is 14.8 Å². The average molecular weight is 423 g/mol. The number of benzene rings is 3. The van der Waals surface area contributed by atoms with E-state index in [1.807, 2.05) is 43.3 Å². The van der Waals surface area contributed by atoms with E-state index in [-0.39, 0.29) is 6.04 Å². The Bertz CT molecular complexity index is 1180. The van der Waals surface area contributed by atoms with Crippen LogP contribution in [0.3, 0.4) is 0 Å². The van der Waals surface area contributed by atoms with Crippen molar-refractivity contribution in [1.29, 1.82) is 0 Å². The van der Waals surface area contributed by atoms with Gasteiger partial charge in [-0.1, -0.05) is 78.4 Å². The van der Waals surface area contributed by atoms with Gasteiger partial charge in [0.1, 0.15) is 12.7 Å². The number of nitrogens with one attached hydrogen (secondary N) is 1. The lowest BCUT2D eigenvalue weighted by Crippen LogP contribution is -2.13. The quantitative estimate of drug-likeness (QED) is 0.281. The fraction of sp³-hybridized carbons (Fsp3) is 0.148. The van der Waals surface area contributed by atoms with Crippen molar-refractivity contribution in [3.63, 3.8) is 0 Å². The zero-order valence-electron chi connectivity index (χ0n) is 18.3. The third kappa shape index (κ3) is 5.15. The predicted molar refractivity (Wildman–Crippen MR) is 129 cm³/mol. The standard InChI is InChI=1S/C27H26N4O/c1-3-32-26(31-20-28-19-29-31)18-25(22-10-6-4-7-11-22)27(23-16-14-21(2)15-17-23)30-24-12-8-5-9-13-24/h4-17,19-20,27,30H,3H2,1-2H3. The molecule has 5 nitrogen and oxygen atoms in total. The Balaban J connectivity index is 1.94. The van der Waals surface area contributed by atoms with Crippen molar-refractivity contribution in [2.24, 2.45) is 0 Å². The largest absolute Gasteiger partial charge is 0.472 e. The van der Waals surface area contributed by atoms with Gasteiger partial charge in [-0.25, -0.2) is 4.98 Å². The molecule has 0 saturated carbocycles. The van der Waals surface area contributed by atoms with E-state index in [1.54, 1.807) is 11.0 Å². The topological polar surface area (TPSA) is 52.0 Å². The highest BCUT2D eigenvalue weighted by Crippen LogP contribution is 2.33. The van der Waals surface area contributed by atoms with E-state index in [0.717, 1.165) is 22.4 Å². The molecule has 4 rings (SSSR count). The fourth-order valence-corrected chi connectivity index (χ4v) is 3.44. The van der Waals surface area contributed by atoms with Crippen LogP contribution in [0.25, 0.3) is 11.5 Å². The average Bonchev–Trinajstić information content (AvgIpc) is 3.37. The molecule has 3 aromatic carbocycles. The number of hydrogen-bond acceptors (Lipinski definition) is 4. The molecule has 0 aliphatic carbocycles. The SMILES string of the molecule is CCOC(=C=C(c1ccccc1)C(Nc1ccccc1)c1ccc(C)cc1)n1cncn1. The fourth-order valence-electron chi connectivity index (χ4n) is 3.44. The molecule has 4 aromatic rings. The summed E-state index contributed by atoms with van der Waals surface area (Å²) in [4.78, 5) is 4.07. The molecule has 0 aliphatic heterocycles. The van der Waals surface area contributed by atoms with E-state index in [9.17, 15) is 0 Å². The predicted octanol–water partition coefficient (Wildman–Crippen LogP) is 5.96. The lowest BCUT2D eigenvalue weighted by atomic mass is 9.92. The number of aromatic nitrogens is 3. The smallest absolute Gasteiger partial charge is 0.263 e. The highest BCUT2D eigenvalue weighted by atomic mass is 16.5. The van der Waals surface area contributed by atoms with Crippen molar-refractivity contribution in [3.05, 3.63) is 120 Å². The van der Waals surface area contributed by atoms with Gasteiger partial charge in [0.25, 0.3) is 5.88 Å². The van der Waals surface area contributed by atoms with Crippen molar-refractivity contribution in [2.75, 3.05) is 11.9 Å². The molecule has 0 saturated heterocycles. The second-order valence-electron chi connectivity index (χ2n) is 7.34. The van der Waals surface area contributed by atoms with Crippen LogP contribution in [0.1, 0.15) is 29.7 Å². The minimum Gasteiger partial charge on any atom is -0.472 e. The number of aryl methyl sites for hydroxylation is 1. The summed E-state index contributed by atoms with van der Waals surface area (Å²) >= 11 is 0. The maximum atomic E-state index is 5.91. The summed E-state index contributed by atoms with van der Waals surface area (Å²) in [6.45, 7) is 4.53. The van der Waals surface area contributed by atoms with Gasteiger partial charge in [0.05, 0.1) is 12.6 Å². The highest BCUT2D eigenvalue weighted by Gasteiger charge is 2.20. The molecule has 32 heavy (non-hydrogen) atoms. The first-order valence-corrected chi connectivity index (χ1v) is 10.7. The number of nitrogens with zero attached hydrogens (tertiary/aromatic N) is 3. The normalized spacial score (nSPS) is 11.3. The number of ether oxygens (including phenoxy) is 1. The Labute approximate surface area is 188 Å². The van der Waals surface area contributed by atoms with Crippen LogP contribution in [0.4, 0.5) is 5.69 Å². The molecule has 1 heterocycles. The molecule has 1 atom stereocenters. The number of hydrogen-bond donors (Lipinski definition) is 1. The maximum absolute atomic E-state index is 5.91. The number of rotatable bonds is 8. The Morgan fingerprint density at radius 1 is 0.969 bits per heavy atom. The van der Waals surface area contributed by atoms with Crippen molar-refractivity contribution in [3.8, 4) is 0 Å². The van der Waals surface area contributed by atoms with Crippen LogP contribution >= 0.6 is 0 Å². The molecule has 0 spiro atoms. The van der Waals surface area contributed by atoms with E-state index in [0.29, 0.717) is 12.5 Å². The monoisotopic (exact) mass is 422 g/mol. The van der Waals surface area contributed by atoms with E-state index < -0.39 is 0 Å². The lowest BCUT2D eigenvalue weighted by Gasteiger charge is -2.23. The van der Waals surface area contributed by atoms with Crippen LogP contribution in [0.2, 0.25) is 0 Å². The first-order chi connectivity index (χ1) is 15.7. The summed E-state index contributed by atoms with van der Waals surface area (Å²) < 4.78 is 7.51. The Hall–Kier alpha value is -4.08. The molecule has 1 aromatic heterocycles. The molecule has 0 amide bonds. The molecule has 5 heteroatoms. The van der Waals surface area contributed by atoms with Gasteiger partial charge in [0, 0.05) is 11.3 Å². The zero-order chi connectivity index (χ0) is 22.2. The van der Waals surface area contributed by atoms with Crippen LogP contribution in [-0.4, -0.2) is 21.4 Å². The third-order valence-corrected chi connectivity index (χ3v) is 5.02. The summed E-state index contributed by atoms with van der Waals surface area (Å²) in [5.74, 6) is 0.496. The molecule has 0 aliphatic rings. The van der Waals surface area contributed by atoms with Crippen molar-refractivity contribution >= 4 is 17.1 Å². The third-order valence-electron chi connectivity index (χ3n) is 5.02. The lowest BCUT2D eigenvalue weighted by molar-refractivity contribution is 0.272. The first kappa shape index (κ1) is 21.2. The summed E-state index contributed by atoms with van der Waals surface area (Å²) in [7, 11) is 0. The van der Waals surface area contributed by atoms with Crippen LogP contribution in [-0.2, 0) is 4.74 Å². The van der Waals surface area contributed by atoms with E-state index in [1.165, 1.54) is 11.9 Å².